The number of sulfonamides is 1. The van der Waals surface area contributed by atoms with E-state index in [4.69, 9.17) is 4.74 Å². The summed E-state index contributed by atoms with van der Waals surface area (Å²) in [6.07, 6.45) is 0. The molecule has 0 unspecified atom stereocenters. The predicted molar refractivity (Wildman–Crippen MR) is 117 cm³/mol. The fraction of sp³-hybridized carbons (Fsp3) is 0.0952. The third-order valence-electron chi connectivity index (χ3n) is 4.13. The molecule has 8 heteroatoms. The highest BCUT2D eigenvalue weighted by molar-refractivity contribution is 9.10. The summed E-state index contributed by atoms with van der Waals surface area (Å²) < 4.78 is 33.4. The van der Waals surface area contributed by atoms with Crippen LogP contribution >= 0.6 is 15.9 Å². The summed E-state index contributed by atoms with van der Waals surface area (Å²) in [4.78, 5) is 12.8. The lowest BCUT2D eigenvalue weighted by Gasteiger charge is -2.24. The van der Waals surface area contributed by atoms with Gasteiger partial charge >= 0.3 is 0 Å². The van der Waals surface area contributed by atoms with Gasteiger partial charge in [-0.05, 0) is 64.5 Å². The number of nitrogens with one attached hydrogen (secondary N) is 1. The van der Waals surface area contributed by atoms with Crippen LogP contribution in [0.25, 0.3) is 0 Å². The van der Waals surface area contributed by atoms with Gasteiger partial charge in [0, 0.05) is 4.47 Å². The molecule has 0 radical (unpaired) electrons. The Morgan fingerprint density at radius 2 is 1.59 bits per heavy atom. The number of carbonyl (C=O) groups excluding carboxylic acids is 1. The number of nitrogens with zero attached hydrogens (tertiary/aromatic N) is 1. The summed E-state index contributed by atoms with van der Waals surface area (Å²) in [5.74, 6) is 0.121. The molecule has 3 rings (SSSR count). The highest BCUT2D eigenvalue weighted by Crippen LogP contribution is 2.26. The highest BCUT2D eigenvalue weighted by Gasteiger charge is 2.27. The number of benzene rings is 3. The van der Waals surface area contributed by atoms with Crippen LogP contribution in [0.1, 0.15) is 0 Å². The van der Waals surface area contributed by atoms with Gasteiger partial charge in [0.15, 0.2) is 0 Å². The van der Waals surface area contributed by atoms with Gasteiger partial charge in [0.1, 0.15) is 12.3 Å². The van der Waals surface area contributed by atoms with E-state index >= 15 is 0 Å². The topological polar surface area (TPSA) is 75.7 Å². The quantitative estimate of drug-likeness (QED) is 0.553. The zero-order chi connectivity index (χ0) is 20.9. The molecular formula is C21H19BrN2O4S. The van der Waals surface area contributed by atoms with E-state index in [9.17, 15) is 13.2 Å². The largest absolute Gasteiger partial charge is 0.497 e. The van der Waals surface area contributed by atoms with E-state index < -0.39 is 15.9 Å². The fourth-order valence-electron chi connectivity index (χ4n) is 2.67. The smallest absolute Gasteiger partial charge is 0.264 e. The van der Waals surface area contributed by atoms with Crippen LogP contribution in [0, 0.1) is 0 Å². The summed E-state index contributed by atoms with van der Waals surface area (Å²) in [6.45, 7) is -0.384. The molecule has 6 nitrogen and oxygen atoms in total. The summed E-state index contributed by atoms with van der Waals surface area (Å²) >= 11 is 3.37. The predicted octanol–water partition coefficient (Wildman–Crippen LogP) is 4.29. The number of halogens is 1. The van der Waals surface area contributed by atoms with Gasteiger partial charge in [0.25, 0.3) is 10.0 Å². The zero-order valence-corrected chi connectivity index (χ0v) is 18.0. The lowest BCUT2D eigenvalue weighted by Crippen LogP contribution is -2.38. The van der Waals surface area contributed by atoms with E-state index in [1.807, 2.05) is 6.07 Å². The summed E-state index contributed by atoms with van der Waals surface area (Å²) in [7, 11) is -2.42. The van der Waals surface area contributed by atoms with Crippen molar-refractivity contribution in [2.45, 2.75) is 4.90 Å². The third-order valence-corrected chi connectivity index (χ3v) is 6.61. The average molecular weight is 475 g/mol. The highest BCUT2D eigenvalue weighted by atomic mass is 79.9. The van der Waals surface area contributed by atoms with Crippen LogP contribution in [0.3, 0.4) is 0 Å². The number of hydrogen-bond donors (Lipinski definition) is 1. The number of methoxy groups -OCH3 is 1. The Hall–Kier alpha value is -2.84. The Kier molecular flexibility index (Phi) is 6.56. The minimum atomic E-state index is -3.95. The lowest BCUT2D eigenvalue weighted by molar-refractivity contribution is -0.114. The first-order valence-corrected chi connectivity index (χ1v) is 10.9. The van der Waals surface area contributed by atoms with E-state index in [0.29, 0.717) is 21.6 Å². The molecule has 0 saturated heterocycles. The molecule has 0 atom stereocenters. The summed E-state index contributed by atoms with van der Waals surface area (Å²) in [5.41, 5.74) is 0.918. The SMILES string of the molecule is COc1ccc(N(CC(=O)Nc2ccccc2Br)S(=O)(=O)c2ccccc2)cc1. The zero-order valence-electron chi connectivity index (χ0n) is 15.6. The molecule has 0 aliphatic rings. The van der Waals surface area contributed by atoms with Crippen molar-refractivity contribution in [3.63, 3.8) is 0 Å². The van der Waals surface area contributed by atoms with Crippen molar-refractivity contribution in [2.75, 3.05) is 23.3 Å². The maximum absolute atomic E-state index is 13.2. The minimum absolute atomic E-state index is 0.101. The fourth-order valence-corrected chi connectivity index (χ4v) is 4.49. The van der Waals surface area contributed by atoms with Crippen molar-refractivity contribution < 1.29 is 17.9 Å². The number of ether oxygens (including phenoxy) is 1. The van der Waals surface area contributed by atoms with Crippen molar-refractivity contribution >= 4 is 43.2 Å². The van der Waals surface area contributed by atoms with Gasteiger partial charge in [-0.15, -0.1) is 0 Å². The van der Waals surface area contributed by atoms with E-state index in [2.05, 4.69) is 21.2 Å². The maximum atomic E-state index is 13.2. The second-order valence-electron chi connectivity index (χ2n) is 6.05. The molecule has 29 heavy (non-hydrogen) atoms. The molecule has 0 saturated carbocycles. The molecule has 3 aromatic carbocycles. The molecule has 1 N–H and O–H groups in total. The number of rotatable bonds is 7. The van der Waals surface area contributed by atoms with Crippen LogP contribution in [0.15, 0.2) is 88.2 Å². The first kappa shape index (κ1) is 20.9. The van der Waals surface area contributed by atoms with Gasteiger partial charge in [0.05, 0.1) is 23.4 Å². The summed E-state index contributed by atoms with van der Waals surface area (Å²) in [5, 5.41) is 2.74. The molecule has 1 amide bonds. The van der Waals surface area contributed by atoms with Crippen molar-refractivity contribution in [3.8, 4) is 5.75 Å². The van der Waals surface area contributed by atoms with Crippen LogP contribution in [0.5, 0.6) is 5.75 Å². The van der Waals surface area contributed by atoms with E-state index in [1.165, 1.54) is 19.2 Å². The van der Waals surface area contributed by atoms with Crippen LogP contribution in [0.4, 0.5) is 11.4 Å². The second kappa shape index (κ2) is 9.11. The van der Waals surface area contributed by atoms with Crippen LogP contribution in [-0.2, 0) is 14.8 Å². The van der Waals surface area contributed by atoms with Crippen molar-refractivity contribution in [1.29, 1.82) is 0 Å². The van der Waals surface area contributed by atoms with Gasteiger partial charge in [-0.25, -0.2) is 8.42 Å². The molecule has 0 aliphatic heterocycles. The van der Waals surface area contributed by atoms with Gasteiger partial charge in [-0.2, -0.15) is 0 Å². The van der Waals surface area contributed by atoms with Crippen LogP contribution < -0.4 is 14.4 Å². The standard InChI is InChI=1S/C21H19BrN2O4S/c1-28-17-13-11-16(12-14-17)24(29(26,27)18-7-3-2-4-8-18)15-21(25)23-20-10-6-5-9-19(20)22/h2-14H,15H2,1H3,(H,23,25). The van der Waals surface area contributed by atoms with Crippen LogP contribution in [0.2, 0.25) is 0 Å². The van der Waals surface area contributed by atoms with Gasteiger partial charge < -0.3 is 10.1 Å². The van der Waals surface area contributed by atoms with Gasteiger partial charge in [0.2, 0.25) is 5.91 Å². The normalized spacial score (nSPS) is 11.0. The first-order chi connectivity index (χ1) is 13.9. The van der Waals surface area contributed by atoms with Gasteiger partial charge in [-0.3, -0.25) is 9.10 Å². The Balaban J connectivity index is 1.94. The molecule has 0 aromatic heterocycles. The molecular weight excluding hydrogens is 456 g/mol. The monoisotopic (exact) mass is 474 g/mol. The Bertz CT molecular complexity index is 1090. The number of para-hydroxylation sites is 1. The third kappa shape index (κ3) is 4.96. The molecule has 150 valence electrons. The van der Waals surface area contributed by atoms with Crippen molar-refractivity contribution in [2.24, 2.45) is 0 Å². The average Bonchev–Trinajstić information content (AvgIpc) is 2.74. The van der Waals surface area contributed by atoms with Crippen molar-refractivity contribution in [3.05, 3.63) is 83.3 Å². The molecule has 0 aliphatic carbocycles. The summed E-state index contributed by atoms with van der Waals surface area (Å²) in [6, 6.07) is 21.6. The second-order valence-corrected chi connectivity index (χ2v) is 8.77. The van der Waals surface area contributed by atoms with Crippen LogP contribution in [-0.4, -0.2) is 28.0 Å². The maximum Gasteiger partial charge on any atom is 0.264 e. The molecule has 0 spiro atoms. The van der Waals surface area contributed by atoms with E-state index in [1.54, 1.807) is 60.7 Å². The number of carbonyl (C=O) groups is 1. The Morgan fingerprint density at radius 3 is 2.21 bits per heavy atom. The molecule has 0 fully saturated rings. The van der Waals surface area contributed by atoms with Gasteiger partial charge in [-0.1, -0.05) is 30.3 Å². The Labute approximate surface area is 178 Å². The lowest BCUT2D eigenvalue weighted by atomic mass is 10.3. The number of hydrogen-bond acceptors (Lipinski definition) is 4. The molecule has 0 heterocycles. The van der Waals surface area contributed by atoms with Crippen molar-refractivity contribution in [1.82, 2.24) is 0 Å². The number of anilines is 2. The molecule has 0 bridgehead atoms. The minimum Gasteiger partial charge on any atom is -0.497 e. The van der Waals surface area contributed by atoms with E-state index in [-0.39, 0.29) is 11.4 Å². The number of amides is 1. The first-order valence-electron chi connectivity index (χ1n) is 8.68. The Morgan fingerprint density at radius 1 is 0.966 bits per heavy atom. The van der Waals surface area contributed by atoms with E-state index in [0.717, 1.165) is 4.31 Å². The molecule has 3 aromatic rings.